The van der Waals surface area contributed by atoms with Crippen LogP contribution in [0.1, 0.15) is 90.4 Å². The average molecular weight is 500 g/mol. The van der Waals surface area contributed by atoms with Gasteiger partial charge >= 0.3 is 5.91 Å². The molecule has 0 saturated heterocycles. The van der Waals surface area contributed by atoms with E-state index in [-0.39, 0.29) is 22.5 Å². The summed E-state index contributed by atoms with van der Waals surface area (Å²) in [6.45, 7) is 15.5. The van der Waals surface area contributed by atoms with Crippen LogP contribution in [0.2, 0.25) is 0 Å². The standard InChI is InChI=1S/C30H37N5O2/c1-17-13-22-23(30(6,7)12-11-29(22,4)5)16-20(17)15-21-9-10-24(37-21)28(36)33-32-25-14-18(2)26-19(3)34-35(8)27(26)31-25/h9-10,13-14,16H,11-12,15H2,1-8H3,(H,31,32)(H,33,36). The minimum Gasteiger partial charge on any atom is -0.456 e. The summed E-state index contributed by atoms with van der Waals surface area (Å²) in [5.74, 6) is 1.22. The first kappa shape index (κ1) is 25.1. The van der Waals surface area contributed by atoms with Crippen molar-refractivity contribution in [2.24, 2.45) is 7.05 Å². The van der Waals surface area contributed by atoms with Crippen LogP contribution in [-0.2, 0) is 24.3 Å². The zero-order chi connectivity index (χ0) is 26.7. The molecule has 0 radical (unpaired) electrons. The molecule has 0 saturated carbocycles. The molecule has 194 valence electrons. The summed E-state index contributed by atoms with van der Waals surface area (Å²) in [5, 5.41) is 5.47. The Kier molecular flexibility index (Phi) is 5.93. The molecule has 37 heavy (non-hydrogen) atoms. The third-order valence-corrected chi connectivity index (χ3v) is 8.03. The molecule has 1 aliphatic carbocycles. The molecule has 4 aromatic rings. The summed E-state index contributed by atoms with van der Waals surface area (Å²) in [4.78, 5) is 17.4. The molecule has 1 aromatic carbocycles. The van der Waals surface area contributed by atoms with Crippen LogP contribution in [0.15, 0.2) is 34.7 Å². The highest BCUT2D eigenvalue weighted by atomic mass is 16.4. The highest BCUT2D eigenvalue weighted by Gasteiger charge is 2.37. The molecule has 3 aromatic heterocycles. The normalized spacial score (nSPS) is 16.0. The molecule has 2 N–H and O–H groups in total. The van der Waals surface area contributed by atoms with E-state index in [0.717, 1.165) is 28.1 Å². The van der Waals surface area contributed by atoms with Gasteiger partial charge in [-0.1, -0.05) is 39.8 Å². The van der Waals surface area contributed by atoms with Crippen molar-refractivity contribution in [2.75, 3.05) is 5.43 Å². The van der Waals surface area contributed by atoms with E-state index < -0.39 is 0 Å². The number of aryl methyl sites for hydroxylation is 4. The molecule has 0 atom stereocenters. The maximum Gasteiger partial charge on any atom is 0.305 e. The molecule has 0 aliphatic heterocycles. The fourth-order valence-corrected chi connectivity index (χ4v) is 5.65. The quantitative estimate of drug-likeness (QED) is 0.320. The minimum absolute atomic E-state index is 0.150. The number of carbonyl (C=O) groups excluding carboxylic acids is 1. The smallest absolute Gasteiger partial charge is 0.305 e. The maximum atomic E-state index is 12.8. The Balaban J connectivity index is 1.31. The maximum absolute atomic E-state index is 12.8. The first-order valence-corrected chi connectivity index (χ1v) is 13.0. The Bertz CT molecular complexity index is 1520. The molecular formula is C30H37N5O2. The number of amides is 1. The number of hydrogen-bond acceptors (Lipinski definition) is 5. The lowest BCUT2D eigenvalue weighted by Crippen LogP contribution is -2.34. The number of benzene rings is 1. The van der Waals surface area contributed by atoms with Crippen LogP contribution in [0.5, 0.6) is 0 Å². The van der Waals surface area contributed by atoms with E-state index >= 15 is 0 Å². The summed E-state index contributed by atoms with van der Waals surface area (Å²) >= 11 is 0. The molecule has 0 unspecified atom stereocenters. The Hall–Kier alpha value is -3.61. The number of carbonyl (C=O) groups is 1. The zero-order valence-electron chi connectivity index (χ0n) is 23.2. The van der Waals surface area contributed by atoms with E-state index in [4.69, 9.17) is 4.42 Å². The van der Waals surface area contributed by atoms with Crippen LogP contribution in [0, 0.1) is 20.8 Å². The van der Waals surface area contributed by atoms with E-state index in [0.29, 0.717) is 12.2 Å². The molecule has 1 amide bonds. The number of hydrazine groups is 1. The van der Waals surface area contributed by atoms with Crippen molar-refractivity contribution in [3.63, 3.8) is 0 Å². The highest BCUT2D eigenvalue weighted by Crippen LogP contribution is 2.46. The number of furan rings is 1. The van der Waals surface area contributed by atoms with Crippen LogP contribution in [0.25, 0.3) is 11.0 Å². The minimum atomic E-state index is -0.350. The number of hydrogen-bond donors (Lipinski definition) is 2. The van der Waals surface area contributed by atoms with Gasteiger partial charge in [0.25, 0.3) is 0 Å². The van der Waals surface area contributed by atoms with E-state index in [2.05, 4.69) is 67.7 Å². The number of aromatic nitrogens is 3. The summed E-state index contributed by atoms with van der Waals surface area (Å²) in [5.41, 5.74) is 14.1. The van der Waals surface area contributed by atoms with Gasteiger partial charge in [-0.15, -0.1) is 0 Å². The molecule has 0 fully saturated rings. The van der Waals surface area contributed by atoms with Crippen molar-refractivity contribution in [3.05, 3.63) is 75.4 Å². The van der Waals surface area contributed by atoms with Gasteiger partial charge in [-0.2, -0.15) is 5.10 Å². The van der Waals surface area contributed by atoms with Crippen LogP contribution in [0.3, 0.4) is 0 Å². The van der Waals surface area contributed by atoms with Crippen molar-refractivity contribution in [3.8, 4) is 0 Å². The lowest BCUT2D eigenvalue weighted by Gasteiger charge is -2.42. The fraction of sp³-hybridized carbons (Fsp3) is 0.433. The van der Waals surface area contributed by atoms with Gasteiger partial charge in [0.1, 0.15) is 11.6 Å². The largest absolute Gasteiger partial charge is 0.456 e. The van der Waals surface area contributed by atoms with Crippen LogP contribution >= 0.6 is 0 Å². The third kappa shape index (κ3) is 4.52. The van der Waals surface area contributed by atoms with Crippen molar-refractivity contribution < 1.29 is 9.21 Å². The summed E-state index contributed by atoms with van der Waals surface area (Å²) < 4.78 is 7.70. The van der Waals surface area contributed by atoms with Crippen molar-refractivity contribution in [1.82, 2.24) is 20.2 Å². The van der Waals surface area contributed by atoms with Gasteiger partial charge in [0.2, 0.25) is 0 Å². The van der Waals surface area contributed by atoms with Gasteiger partial charge in [-0.3, -0.25) is 20.3 Å². The predicted molar refractivity (Wildman–Crippen MR) is 147 cm³/mol. The molecule has 1 aliphatic rings. The van der Waals surface area contributed by atoms with Gasteiger partial charge < -0.3 is 4.42 Å². The van der Waals surface area contributed by atoms with Crippen LogP contribution in [0.4, 0.5) is 5.82 Å². The SMILES string of the molecule is Cc1cc2c(cc1Cc1ccc(C(=O)NNc3cc(C)c4c(C)nn(C)c4n3)o1)C(C)(C)CCC2(C)C. The highest BCUT2D eigenvalue weighted by molar-refractivity contribution is 5.92. The van der Waals surface area contributed by atoms with E-state index in [1.807, 2.05) is 33.0 Å². The lowest BCUT2D eigenvalue weighted by molar-refractivity contribution is 0.0933. The molecule has 3 heterocycles. The Morgan fingerprint density at radius 1 is 1.00 bits per heavy atom. The van der Waals surface area contributed by atoms with Gasteiger partial charge in [0.15, 0.2) is 11.4 Å². The number of nitrogens with one attached hydrogen (secondary N) is 2. The first-order chi connectivity index (χ1) is 17.4. The Morgan fingerprint density at radius 2 is 1.68 bits per heavy atom. The van der Waals surface area contributed by atoms with Gasteiger partial charge in [0.05, 0.1) is 5.69 Å². The monoisotopic (exact) mass is 499 g/mol. The first-order valence-electron chi connectivity index (χ1n) is 13.0. The Labute approximate surface area is 218 Å². The third-order valence-electron chi connectivity index (χ3n) is 8.03. The van der Waals surface area contributed by atoms with E-state index in [1.165, 1.54) is 35.1 Å². The van der Waals surface area contributed by atoms with Gasteiger partial charge in [-0.05, 0) is 90.5 Å². The molecular weight excluding hydrogens is 462 g/mol. The van der Waals surface area contributed by atoms with Gasteiger partial charge in [-0.25, -0.2) is 4.98 Å². The van der Waals surface area contributed by atoms with Crippen LogP contribution in [-0.4, -0.2) is 20.7 Å². The van der Waals surface area contributed by atoms with Gasteiger partial charge in [0, 0.05) is 18.9 Å². The average Bonchev–Trinajstić information content (AvgIpc) is 3.40. The number of rotatable bonds is 5. The molecule has 0 spiro atoms. The van der Waals surface area contributed by atoms with Crippen molar-refractivity contribution in [1.29, 1.82) is 0 Å². The van der Waals surface area contributed by atoms with E-state index in [9.17, 15) is 4.79 Å². The van der Waals surface area contributed by atoms with E-state index in [1.54, 1.807) is 10.7 Å². The number of fused-ring (bicyclic) bond motifs is 2. The second-order valence-corrected chi connectivity index (χ2v) is 11.8. The van der Waals surface area contributed by atoms with Crippen LogP contribution < -0.4 is 10.9 Å². The molecule has 7 nitrogen and oxygen atoms in total. The molecule has 5 rings (SSSR count). The topological polar surface area (TPSA) is 85.0 Å². The zero-order valence-corrected chi connectivity index (χ0v) is 23.2. The second-order valence-electron chi connectivity index (χ2n) is 11.8. The lowest BCUT2D eigenvalue weighted by atomic mass is 9.62. The summed E-state index contributed by atoms with van der Waals surface area (Å²) in [7, 11) is 1.86. The van der Waals surface area contributed by atoms with Crippen molar-refractivity contribution in [2.45, 2.75) is 78.6 Å². The molecule has 0 bridgehead atoms. The molecule has 7 heteroatoms. The Morgan fingerprint density at radius 3 is 2.38 bits per heavy atom. The number of pyridine rings is 1. The number of anilines is 1. The fourth-order valence-electron chi connectivity index (χ4n) is 5.65. The number of nitrogens with zero attached hydrogens (tertiary/aromatic N) is 3. The van der Waals surface area contributed by atoms with Crippen molar-refractivity contribution >= 4 is 22.8 Å². The summed E-state index contributed by atoms with van der Waals surface area (Å²) in [6.07, 6.45) is 3.02. The summed E-state index contributed by atoms with van der Waals surface area (Å²) in [6, 6.07) is 10.2. The predicted octanol–water partition coefficient (Wildman–Crippen LogP) is 6.18. The second kappa shape index (κ2) is 8.75.